The van der Waals surface area contributed by atoms with Crippen LogP contribution >= 0.6 is 28.1 Å². The zero-order valence-corrected chi connectivity index (χ0v) is 10.8. The molecule has 0 unspecified atom stereocenters. The van der Waals surface area contributed by atoms with Crippen molar-refractivity contribution in [2.75, 3.05) is 0 Å². The van der Waals surface area contributed by atoms with Crippen molar-refractivity contribution < 1.29 is 0 Å². The lowest BCUT2D eigenvalue weighted by atomic mass is 10.1. The maximum absolute atomic E-state index is 5.05. The van der Waals surface area contributed by atoms with E-state index >= 15 is 0 Å². The summed E-state index contributed by atoms with van der Waals surface area (Å²) in [5.41, 5.74) is 2.23. The molecule has 0 spiro atoms. The number of nitrogens with one attached hydrogen (secondary N) is 1. The number of benzene rings is 1. The van der Waals surface area contributed by atoms with Gasteiger partial charge in [-0.15, -0.1) is 0 Å². The minimum absolute atomic E-state index is 0.562. The number of hydrogen-bond donors (Lipinski definition) is 1. The largest absolute Gasteiger partial charge is 0.279 e. The number of aryl methyl sites for hydroxylation is 2. The van der Waals surface area contributed by atoms with Crippen molar-refractivity contribution in [3.05, 3.63) is 33.0 Å². The molecule has 0 radical (unpaired) electrons. The lowest BCUT2D eigenvalue weighted by molar-refractivity contribution is 0.756. The van der Waals surface area contributed by atoms with Crippen molar-refractivity contribution in [2.45, 2.75) is 6.92 Å². The van der Waals surface area contributed by atoms with Gasteiger partial charge in [-0.2, -0.15) is 4.98 Å². The molecule has 0 bridgehead atoms. The highest BCUT2D eigenvalue weighted by molar-refractivity contribution is 9.10. The standard InChI is InChI=1S/C10H10BrN3S/c1-6-5-7(11)3-4-8(6)9-12-10(15)14(2)13-9/h3-5H,1-2H3,(H,12,13,15). The van der Waals surface area contributed by atoms with Gasteiger partial charge in [0.15, 0.2) is 5.82 Å². The third-order valence-corrected chi connectivity index (χ3v) is 3.07. The number of nitrogens with zero attached hydrogens (tertiary/aromatic N) is 2. The maximum atomic E-state index is 5.05. The van der Waals surface area contributed by atoms with Gasteiger partial charge in [0.1, 0.15) is 0 Å². The summed E-state index contributed by atoms with van der Waals surface area (Å²) in [5.74, 6) is 0.813. The summed E-state index contributed by atoms with van der Waals surface area (Å²) < 4.78 is 3.36. The molecule has 1 heterocycles. The molecule has 3 nitrogen and oxygen atoms in total. The fourth-order valence-corrected chi connectivity index (χ4v) is 2.03. The quantitative estimate of drug-likeness (QED) is 0.816. The first-order valence-corrected chi connectivity index (χ1v) is 5.67. The molecule has 0 aliphatic rings. The summed E-state index contributed by atoms with van der Waals surface area (Å²) in [6.07, 6.45) is 0. The summed E-state index contributed by atoms with van der Waals surface area (Å²) >= 11 is 8.49. The van der Waals surface area contributed by atoms with Crippen molar-refractivity contribution in [3.63, 3.8) is 0 Å². The van der Waals surface area contributed by atoms with E-state index in [0.717, 1.165) is 21.4 Å². The molecule has 0 saturated carbocycles. The predicted molar refractivity (Wildman–Crippen MR) is 66.3 cm³/mol. The van der Waals surface area contributed by atoms with E-state index in [4.69, 9.17) is 12.2 Å². The summed E-state index contributed by atoms with van der Waals surface area (Å²) in [4.78, 5) is 4.28. The van der Waals surface area contributed by atoms with Crippen molar-refractivity contribution in [1.29, 1.82) is 0 Å². The van der Waals surface area contributed by atoms with E-state index in [1.165, 1.54) is 0 Å². The third-order valence-electron chi connectivity index (χ3n) is 2.21. The Hall–Kier alpha value is -0.940. The summed E-state index contributed by atoms with van der Waals surface area (Å²) in [7, 11) is 1.85. The van der Waals surface area contributed by atoms with Crippen molar-refractivity contribution in [1.82, 2.24) is 14.8 Å². The molecule has 0 fully saturated rings. The normalized spacial score (nSPS) is 10.6. The van der Waals surface area contributed by atoms with Gasteiger partial charge < -0.3 is 0 Å². The Morgan fingerprint density at radius 2 is 2.20 bits per heavy atom. The monoisotopic (exact) mass is 283 g/mol. The van der Waals surface area contributed by atoms with E-state index in [1.807, 2.05) is 26.1 Å². The van der Waals surface area contributed by atoms with E-state index < -0.39 is 0 Å². The number of aromatic nitrogens is 3. The number of hydrogen-bond acceptors (Lipinski definition) is 2. The second-order valence-electron chi connectivity index (χ2n) is 3.37. The third kappa shape index (κ3) is 2.03. The van der Waals surface area contributed by atoms with Crippen LogP contribution in [0, 0.1) is 11.7 Å². The van der Waals surface area contributed by atoms with Gasteiger partial charge in [0.05, 0.1) is 0 Å². The minimum Gasteiger partial charge on any atom is -0.279 e. The fraction of sp³-hybridized carbons (Fsp3) is 0.200. The van der Waals surface area contributed by atoms with Crippen LogP contribution in [0.25, 0.3) is 11.4 Å². The van der Waals surface area contributed by atoms with Crippen LogP contribution in [0.5, 0.6) is 0 Å². The predicted octanol–water partition coefficient (Wildman–Crippen LogP) is 3.22. The van der Waals surface area contributed by atoms with Crippen LogP contribution in [0.3, 0.4) is 0 Å². The summed E-state index contributed by atoms with van der Waals surface area (Å²) in [6.45, 7) is 2.05. The van der Waals surface area contributed by atoms with E-state index in [-0.39, 0.29) is 0 Å². The molecule has 0 aliphatic heterocycles. The zero-order valence-electron chi connectivity index (χ0n) is 8.41. The van der Waals surface area contributed by atoms with Gasteiger partial charge in [0, 0.05) is 17.1 Å². The van der Waals surface area contributed by atoms with Crippen LogP contribution in [0.4, 0.5) is 0 Å². The zero-order chi connectivity index (χ0) is 11.0. The highest BCUT2D eigenvalue weighted by Gasteiger charge is 2.06. The second kappa shape index (κ2) is 3.90. The van der Waals surface area contributed by atoms with Gasteiger partial charge in [0.2, 0.25) is 4.77 Å². The van der Waals surface area contributed by atoms with Gasteiger partial charge in [-0.1, -0.05) is 15.9 Å². The molecule has 15 heavy (non-hydrogen) atoms. The van der Waals surface area contributed by atoms with Gasteiger partial charge in [-0.05, 0) is 42.9 Å². The topological polar surface area (TPSA) is 33.6 Å². The molecular formula is C10H10BrN3S. The number of rotatable bonds is 1. The molecule has 0 saturated heterocycles. The van der Waals surface area contributed by atoms with E-state index in [1.54, 1.807) is 4.68 Å². The molecule has 2 rings (SSSR count). The van der Waals surface area contributed by atoms with Crippen LogP contribution in [0.15, 0.2) is 22.7 Å². The Balaban J connectivity index is 2.59. The molecule has 0 aliphatic carbocycles. The Bertz CT molecular complexity index is 556. The van der Waals surface area contributed by atoms with Gasteiger partial charge >= 0.3 is 0 Å². The number of H-pyrrole nitrogens is 1. The Labute approximate surface area is 101 Å². The van der Waals surface area contributed by atoms with Gasteiger partial charge in [-0.25, -0.2) is 0 Å². The minimum atomic E-state index is 0.562. The van der Waals surface area contributed by atoms with E-state index in [0.29, 0.717) is 4.77 Å². The van der Waals surface area contributed by atoms with Crippen LogP contribution in [-0.2, 0) is 7.05 Å². The molecule has 1 aromatic carbocycles. The van der Waals surface area contributed by atoms with E-state index in [9.17, 15) is 0 Å². The van der Waals surface area contributed by atoms with Crippen LogP contribution in [-0.4, -0.2) is 14.8 Å². The maximum Gasteiger partial charge on any atom is 0.216 e. The smallest absolute Gasteiger partial charge is 0.216 e. The number of halogens is 1. The Morgan fingerprint density at radius 3 is 2.73 bits per heavy atom. The van der Waals surface area contributed by atoms with Crippen LogP contribution < -0.4 is 0 Å². The summed E-state index contributed by atoms with van der Waals surface area (Å²) in [5, 5.41) is 3.11. The lowest BCUT2D eigenvalue weighted by Crippen LogP contribution is -1.90. The van der Waals surface area contributed by atoms with Crippen LogP contribution in [0.1, 0.15) is 5.56 Å². The molecule has 78 valence electrons. The molecule has 5 heteroatoms. The Morgan fingerprint density at radius 1 is 1.47 bits per heavy atom. The second-order valence-corrected chi connectivity index (χ2v) is 4.65. The van der Waals surface area contributed by atoms with Crippen molar-refractivity contribution in [2.24, 2.45) is 7.05 Å². The number of aromatic amines is 1. The molecule has 0 amide bonds. The summed E-state index contributed by atoms with van der Waals surface area (Å²) in [6, 6.07) is 6.07. The van der Waals surface area contributed by atoms with Gasteiger partial charge in [-0.3, -0.25) is 9.78 Å². The van der Waals surface area contributed by atoms with Crippen molar-refractivity contribution >= 4 is 28.1 Å². The lowest BCUT2D eigenvalue weighted by Gasteiger charge is -2.02. The van der Waals surface area contributed by atoms with Crippen LogP contribution in [0.2, 0.25) is 0 Å². The first-order valence-electron chi connectivity index (χ1n) is 4.47. The fourth-order valence-electron chi connectivity index (χ4n) is 1.42. The highest BCUT2D eigenvalue weighted by Crippen LogP contribution is 2.23. The average Bonchev–Trinajstić information content (AvgIpc) is 2.46. The van der Waals surface area contributed by atoms with E-state index in [2.05, 4.69) is 32.1 Å². The molecule has 1 N–H and O–H groups in total. The highest BCUT2D eigenvalue weighted by atomic mass is 79.9. The van der Waals surface area contributed by atoms with Crippen molar-refractivity contribution in [3.8, 4) is 11.4 Å². The molecule has 2 aromatic rings. The first-order chi connectivity index (χ1) is 7.08. The molecule has 0 atom stereocenters. The molecular weight excluding hydrogens is 274 g/mol. The Kier molecular flexibility index (Phi) is 2.75. The van der Waals surface area contributed by atoms with Gasteiger partial charge in [0.25, 0.3) is 0 Å². The first kappa shape index (κ1) is 10.6. The SMILES string of the molecule is Cc1cc(Br)ccc1-c1nc(=S)n(C)[nH]1. The molecule has 1 aromatic heterocycles. The average molecular weight is 284 g/mol.